The summed E-state index contributed by atoms with van der Waals surface area (Å²) in [6.07, 6.45) is 4.00. The molecule has 0 aliphatic carbocycles. The van der Waals surface area contributed by atoms with Crippen molar-refractivity contribution in [2.45, 2.75) is 12.5 Å². The van der Waals surface area contributed by atoms with Gasteiger partial charge in [0.2, 0.25) is 0 Å². The summed E-state index contributed by atoms with van der Waals surface area (Å²) in [5.74, 6) is -0.834. The lowest BCUT2D eigenvalue weighted by atomic mass is 10.0. The molecule has 2 rings (SSSR count). The Bertz CT molecular complexity index is 540. The number of hydrogen-bond donors (Lipinski definition) is 2. The lowest BCUT2D eigenvalue weighted by molar-refractivity contribution is -0.139. The quantitative estimate of drug-likeness (QED) is 0.834. The summed E-state index contributed by atoms with van der Waals surface area (Å²) in [5.41, 5.74) is 0.993. The van der Waals surface area contributed by atoms with Crippen molar-refractivity contribution < 1.29 is 9.90 Å². The molecule has 0 bridgehead atoms. The van der Waals surface area contributed by atoms with Crippen molar-refractivity contribution in [3.63, 3.8) is 0 Å². The van der Waals surface area contributed by atoms with Crippen LogP contribution in [0.25, 0.3) is 10.8 Å². The highest BCUT2D eigenvalue weighted by molar-refractivity contribution is 5.82. The largest absolute Gasteiger partial charge is 0.480 e. The molecule has 0 aliphatic rings. The van der Waals surface area contributed by atoms with Gasteiger partial charge in [0.1, 0.15) is 6.04 Å². The highest BCUT2D eigenvalue weighted by Gasteiger charge is 2.15. The second-order valence-corrected chi connectivity index (χ2v) is 3.94. The first-order valence-corrected chi connectivity index (χ1v) is 5.43. The molecule has 4 nitrogen and oxygen atoms in total. The number of pyridine rings is 1. The van der Waals surface area contributed by atoms with E-state index in [2.05, 4.69) is 10.3 Å². The molecular weight excluding hydrogens is 216 g/mol. The highest BCUT2D eigenvalue weighted by Crippen LogP contribution is 2.15. The molecule has 0 radical (unpaired) electrons. The minimum absolute atomic E-state index is 0.469. The van der Waals surface area contributed by atoms with Gasteiger partial charge in [0, 0.05) is 17.8 Å². The van der Waals surface area contributed by atoms with Gasteiger partial charge in [-0.25, -0.2) is 0 Å². The second-order valence-electron chi connectivity index (χ2n) is 3.94. The Morgan fingerprint density at radius 3 is 2.94 bits per heavy atom. The van der Waals surface area contributed by atoms with E-state index < -0.39 is 12.0 Å². The third-order valence-electron chi connectivity index (χ3n) is 2.79. The van der Waals surface area contributed by atoms with Crippen molar-refractivity contribution in [2.75, 3.05) is 7.05 Å². The summed E-state index contributed by atoms with van der Waals surface area (Å²) >= 11 is 0. The van der Waals surface area contributed by atoms with Crippen LogP contribution in [0.15, 0.2) is 36.7 Å². The van der Waals surface area contributed by atoms with Gasteiger partial charge in [-0.15, -0.1) is 0 Å². The Hall–Kier alpha value is -1.94. The van der Waals surface area contributed by atoms with Crippen molar-refractivity contribution in [2.24, 2.45) is 0 Å². The normalized spacial score (nSPS) is 12.5. The lowest BCUT2D eigenvalue weighted by Gasteiger charge is -2.11. The zero-order chi connectivity index (χ0) is 12.3. The van der Waals surface area contributed by atoms with Crippen LogP contribution in [-0.4, -0.2) is 29.1 Å². The summed E-state index contributed by atoms with van der Waals surface area (Å²) in [6.45, 7) is 0. The number of carboxylic acids is 1. The monoisotopic (exact) mass is 230 g/mol. The van der Waals surface area contributed by atoms with Crippen LogP contribution < -0.4 is 5.32 Å². The molecule has 0 aliphatic heterocycles. The average molecular weight is 230 g/mol. The number of aromatic nitrogens is 1. The van der Waals surface area contributed by atoms with Crippen molar-refractivity contribution in [1.82, 2.24) is 10.3 Å². The van der Waals surface area contributed by atoms with E-state index in [1.165, 1.54) is 0 Å². The van der Waals surface area contributed by atoms with Crippen LogP contribution >= 0.6 is 0 Å². The van der Waals surface area contributed by atoms with Crippen molar-refractivity contribution >= 4 is 16.7 Å². The third-order valence-corrected chi connectivity index (χ3v) is 2.79. The number of carbonyl (C=O) groups is 1. The fourth-order valence-electron chi connectivity index (χ4n) is 1.81. The van der Waals surface area contributed by atoms with Gasteiger partial charge in [-0.1, -0.05) is 12.1 Å². The first kappa shape index (κ1) is 11.5. The molecule has 0 fully saturated rings. The maximum atomic E-state index is 10.9. The summed E-state index contributed by atoms with van der Waals surface area (Å²) in [7, 11) is 1.65. The maximum absolute atomic E-state index is 10.9. The summed E-state index contributed by atoms with van der Waals surface area (Å²) < 4.78 is 0. The van der Waals surface area contributed by atoms with E-state index in [1.807, 2.05) is 24.3 Å². The van der Waals surface area contributed by atoms with E-state index in [-0.39, 0.29) is 0 Å². The molecule has 17 heavy (non-hydrogen) atoms. The molecule has 1 atom stereocenters. The van der Waals surface area contributed by atoms with Crippen LogP contribution in [0.2, 0.25) is 0 Å². The minimum Gasteiger partial charge on any atom is -0.480 e. The minimum atomic E-state index is -0.834. The number of rotatable bonds is 4. The van der Waals surface area contributed by atoms with Crippen molar-refractivity contribution in [3.8, 4) is 0 Å². The molecule has 1 unspecified atom stereocenters. The first-order chi connectivity index (χ1) is 8.20. The average Bonchev–Trinajstić information content (AvgIpc) is 2.35. The highest BCUT2D eigenvalue weighted by atomic mass is 16.4. The molecule has 4 heteroatoms. The number of nitrogens with zero attached hydrogens (tertiary/aromatic N) is 1. The van der Waals surface area contributed by atoms with Crippen LogP contribution in [0, 0.1) is 0 Å². The molecule has 0 saturated carbocycles. The molecule has 2 aromatic rings. The molecule has 88 valence electrons. The Balaban J connectivity index is 2.27. The maximum Gasteiger partial charge on any atom is 0.321 e. The number of likely N-dealkylation sites (N-methyl/N-ethyl adjacent to an activating group) is 1. The standard InChI is InChI=1S/C13H14N2O2/c1-14-12(13(16)17)7-9-2-3-10-4-5-15-8-11(10)6-9/h2-6,8,12,14H,7H2,1H3,(H,16,17). The zero-order valence-corrected chi connectivity index (χ0v) is 9.55. The molecule has 1 aromatic heterocycles. The van der Waals surface area contributed by atoms with E-state index in [1.54, 1.807) is 19.4 Å². The fourth-order valence-corrected chi connectivity index (χ4v) is 1.81. The smallest absolute Gasteiger partial charge is 0.321 e. The van der Waals surface area contributed by atoms with Crippen LogP contribution in [0.4, 0.5) is 0 Å². The molecule has 0 amide bonds. The van der Waals surface area contributed by atoms with Crippen LogP contribution in [0.3, 0.4) is 0 Å². The molecule has 0 spiro atoms. The number of aliphatic carboxylic acids is 1. The van der Waals surface area contributed by atoms with Crippen LogP contribution in [-0.2, 0) is 11.2 Å². The van der Waals surface area contributed by atoms with Crippen LogP contribution in [0.5, 0.6) is 0 Å². The SMILES string of the molecule is CNC(Cc1ccc2ccncc2c1)C(=O)O. The van der Waals surface area contributed by atoms with Gasteiger partial charge < -0.3 is 10.4 Å². The molecule has 1 heterocycles. The van der Waals surface area contributed by atoms with Crippen molar-refractivity contribution in [1.29, 1.82) is 0 Å². The Kier molecular flexibility index (Phi) is 3.35. The van der Waals surface area contributed by atoms with Gasteiger partial charge in [0.25, 0.3) is 0 Å². The van der Waals surface area contributed by atoms with E-state index in [4.69, 9.17) is 5.11 Å². The Labute approximate surface area is 99.3 Å². The van der Waals surface area contributed by atoms with E-state index in [0.717, 1.165) is 16.3 Å². The first-order valence-electron chi connectivity index (χ1n) is 5.43. The number of carboxylic acid groups (broad SMARTS) is 1. The Morgan fingerprint density at radius 2 is 2.24 bits per heavy atom. The number of nitrogens with one attached hydrogen (secondary N) is 1. The Morgan fingerprint density at radius 1 is 1.41 bits per heavy atom. The predicted octanol–water partition coefficient (Wildman–Crippen LogP) is 1.45. The third kappa shape index (κ3) is 2.60. The van der Waals surface area contributed by atoms with Gasteiger partial charge in [-0.2, -0.15) is 0 Å². The van der Waals surface area contributed by atoms with E-state index >= 15 is 0 Å². The summed E-state index contributed by atoms with van der Waals surface area (Å²) in [5, 5.41) is 13.9. The van der Waals surface area contributed by atoms with Gasteiger partial charge >= 0.3 is 5.97 Å². The van der Waals surface area contributed by atoms with Gasteiger partial charge in [0.05, 0.1) is 0 Å². The number of benzene rings is 1. The van der Waals surface area contributed by atoms with Gasteiger partial charge in [-0.3, -0.25) is 9.78 Å². The predicted molar refractivity (Wildman–Crippen MR) is 65.9 cm³/mol. The topological polar surface area (TPSA) is 62.2 Å². The molecule has 0 saturated heterocycles. The van der Waals surface area contributed by atoms with Gasteiger partial charge in [0.15, 0.2) is 0 Å². The lowest BCUT2D eigenvalue weighted by Crippen LogP contribution is -2.35. The van der Waals surface area contributed by atoms with Gasteiger partial charge in [-0.05, 0) is 36.6 Å². The van der Waals surface area contributed by atoms with Crippen molar-refractivity contribution in [3.05, 3.63) is 42.2 Å². The molecular formula is C13H14N2O2. The number of hydrogen-bond acceptors (Lipinski definition) is 3. The van der Waals surface area contributed by atoms with Crippen LogP contribution in [0.1, 0.15) is 5.56 Å². The van der Waals surface area contributed by atoms with E-state index in [9.17, 15) is 4.79 Å². The second kappa shape index (κ2) is 4.93. The summed E-state index contributed by atoms with van der Waals surface area (Å²) in [6, 6.07) is 7.31. The van der Waals surface area contributed by atoms with E-state index in [0.29, 0.717) is 6.42 Å². The fraction of sp³-hybridized carbons (Fsp3) is 0.231. The zero-order valence-electron chi connectivity index (χ0n) is 9.55. The number of fused-ring (bicyclic) bond motifs is 1. The summed E-state index contributed by atoms with van der Waals surface area (Å²) in [4.78, 5) is 15.0. The molecule has 2 N–H and O–H groups in total. The molecule has 1 aromatic carbocycles.